The van der Waals surface area contributed by atoms with Gasteiger partial charge in [0.25, 0.3) is 0 Å². The van der Waals surface area contributed by atoms with E-state index >= 15 is 0 Å². The summed E-state index contributed by atoms with van der Waals surface area (Å²) < 4.78 is 7.20. The van der Waals surface area contributed by atoms with Crippen LogP contribution in [0.4, 0.5) is 0 Å². The first-order valence-electron chi connectivity index (χ1n) is 7.00. The fraction of sp³-hybridized carbons (Fsp3) is 0.235. The second-order valence-electron chi connectivity index (χ2n) is 4.93. The molecule has 0 radical (unpaired) electrons. The highest BCUT2D eigenvalue weighted by atomic mass is 16.5. The Kier molecular flexibility index (Phi) is 3.62. The molecule has 21 heavy (non-hydrogen) atoms. The van der Waals surface area contributed by atoms with Gasteiger partial charge in [-0.2, -0.15) is 5.10 Å². The normalized spacial score (nSPS) is 12.5. The lowest BCUT2D eigenvalue weighted by molar-refractivity contribution is 0.221. The molecule has 1 aromatic heterocycles. The summed E-state index contributed by atoms with van der Waals surface area (Å²) in [6, 6.07) is 11.7. The van der Waals surface area contributed by atoms with Crippen LogP contribution in [0.3, 0.4) is 0 Å². The monoisotopic (exact) mass is 282 g/mol. The third kappa shape index (κ3) is 2.38. The van der Waals surface area contributed by atoms with Crippen LogP contribution < -0.4 is 4.74 Å². The van der Waals surface area contributed by atoms with Crippen LogP contribution in [0.25, 0.3) is 10.8 Å². The van der Waals surface area contributed by atoms with Crippen LogP contribution in [0.5, 0.6) is 5.75 Å². The van der Waals surface area contributed by atoms with Crippen molar-refractivity contribution in [3.63, 3.8) is 0 Å². The molecule has 4 heteroatoms. The van der Waals surface area contributed by atoms with Crippen LogP contribution >= 0.6 is 0 Å². The summed E-state index contributed by atoms with van der Waals surface area (Å²) in [4.78, 5) is 0. The van der Waals surface area contributed by atoms with Crippen molar-refractivity contribution in [2.45, 2.75) is 19.6 Å². The van der Waals surface area contributed by atoms with Crippen molar-refractivity contribution in [3.8, 4) is 5.75 Å². The van der Waals surface area contributed by atoms with Crippen molar-refractivity contribution < 1.29 is 9.84 Å². The summed E-state index contributed by atoms with van der Waals surface area (Å²) in [5.41, 5.74) is 1.66. The number of rotatable bonds is 4. The van der Waals surface area contributed by atoms with Crippen LogP contribution in [0.15, 0.2) is 48.8 Å². The molecule has 3 aromatic rings. The molecule has 4 nitrogen and oxygen atoms in total. The zero-order chi connectivity index (χ0) is 14.8. The molecule has 0 aliphatic carbocycles. The van der Waals surface area contributed by atoms with Gasteiger partial charge in [0.05, 0.1) is 13.3 Å². The van der Waals surface area contributed by atoms with Gasteiger partial charge in [0.1, 0.15) is 11.9 Å². The van der Waals surface area contributed by atoms with Gasteiger partial charge in [-0.15, -0.1) is 0 Å². The first-order chi connectivity index (χ1) is 10.2. The summed E-state index contributed by atoms with van der Waals surface area (Å²) in [6.07, 6.45) is 2.90. The maximum Gasteiger partial charge on any atom is 0.126 e. The summed E-state index contributed by atoms with van der Waals surface area (Å²) in [5.74, 6) is 0.811. The van der Waals surface area contributed by atoms with Crippen LogP contribution in [0, 0.1) is 0 Å². The topological polar surface area (TPSA) is 47.3 Å². The molecule has 0 fully saturated rings. The Bertz CT molecular complexity index is 764. The summed E-state index contributed by atoms with van der Waals surface area (Å²) in [5, 5.41) is 16.9. The van der Waals surface area contributed by atoms with E-state index in [0.29, 0.717) is 0 Å². The van der Waals surface area contributed by atoms with E-state index in [4.69, 9.17) is 4.74 Å². The number of aromatic nitrogens is 2. The molecule has 0 amide bonds. The number of aliphatic hydroxyl groups excluding tert-OH is 1. The average Bonchev–Trinajstić information content (AvgIpc) is 3.02. The average molecular weight is 282 g/mol. The first-order valence-corrected chi connectivity index (χ1v) is 7.00. The van der Waals surface area contributed by atoms with Crippen molar-refractivity contribution in [1.82, 2.24) is 9.78 Å². The Balaban J connectivity index is 2.11. The molecule has 108 valence electrons. The molecule has 1 atom stereocenters. The smallest absolute Gasteiger partial charge is 0.126 e. The molecule has 0 aliphatic heterocycles. The Hall–Kier alpha value is -2.33. The standard InChI is InChI=1S/C17H18N2O2/c1-3-19-11-12(10-18-19)17(20)15-8-9-16(21-2)14-7-5-4-6-13(14)15/h4-11,17,20H,3H2,1-2H3. The van der Waals surface area contributed by atoms with Gasteiger partial charge in [-0.1, -0.05) is 30.3 Å². The van der Waals surface area contributed by atoms with E-state index in [9.17, 15) is 5.11 Å². The Morgan fingerprint density at radius 2 is 1.95 bits per heavy atom. The molecule has 2 aromatic carbocycles. The van der Waals surface area contributed by atoms with Crippen molar-refractivity contribution in [1.29, 1.82) is 0 Å². The van der Waals surface area contributed by atoms with Crippen LogP contribution in [-0.4, -0.2) is 22.0 Å². The fourth-order valence-corrected chi connectivity index (χ4v) is 2.58. The number of nitrogens with zero attached hydrogens (tertiary/aromatic N) is 2. The molecular formula is C17H18N2O2. The number of ether oxygens (including phenoxy) is 1. The molecule has 3 rings (SSSR count). The predicted molar refractivity (Wildman–Crippen MR) is 82.5 cm³/mol. The minimum Gasteiger partial charge on any atom is -0.496 e. The molecule has 0 aliphatic rings. The number of aryl methyl sites for hydroxylation is 1. The second kappa shape index (κ2) is 5.58. The van der Waals surface area contributed by atoms with E-state index in [1.807, 2.05) is 54.2 Å². The largest absolute Gasteiger partial charge is 0.496 e. The number of benzene rings is 2. The van der Waals surface area contributed by atoms with Gasteiger partial charge in [0.2, 0.25) is 0 Å². The zero-order valence-corrected chi connectivity index (χ0v) is 12.2. The van der Waals surface area contributed by atoms with Crippen LogP contribution in [0.1, 0.15) is 24.2 Å². The Morgan fingerprint density at radius 1 is 1.19 bits per heavy atom. The lowest BCUT2D eigenvalue weighted by atomic mass is 9.97. The third-order valence-corrected chi connectivity index (χ3v) is 3.73. The van der Waals surface area contributed by atoms with Crippen molar-refractivity contribution in [3.05, 3.63) is 59.9 Å². The van der Waals surface area contributed by atoms with E-state index < -0.39 is 6.10 Å². The minimum absolute atomic E-state index is 0.693. The van der Waals surface area contributed by atoms with Crippen LogP contribution in [0.2, 0.25) is 0 Å². The molecule has 1 N–H and O–H groups in total. The van der Waals surface area contributed by atoms with Gasteiger partial charge >= 0.3 is 0 Å². The molecule has 0 spiro atoms. The minimum atomic E-state index is -0.693. The van der Waals surface area contributed by atoms with E-state index in [0.717, 1.165) is 34.2 Å². The van der Waals surface area contributed by atoms with Gasteiger partial charge in [-0.3, -0.25) is 4.68 Å². The highest BCUT2D eigenvalue weighted by Gasteiger charge is 2.16. The number of hydrogen-bond acceptors (Lipinski definition) is 3. The summed E-state index contributed by atoms with van der Waals surface area (Å²) in [7, 11) is 1.66. The molecular weight excluding hydrogens is 264 g/mol. The van der Waals surface area contributed by atoms with Crippen molar-refractivity contribution in [2.24, 2.45) is 0 Å². The van der Waals surface area contributed by atoms with Crippen molar-refractivity contribution >= 4 is 10.8 Å². The second-order valence-corrected chi connectivity index (χ2v) is 4.93. The van der Waals surface area contributed by atoms with Gasteiger partial charge in [-0.25, -0.2) is 0 Å². The highest BCUT2D eigenvalue weighted by molar-refractivity contribution is 5.91. The van der Waals surface area contributed by atoms with Crippen molar-refractivity contribution in [2.75, 3.05) is 7.11 Å². The molecule has 1 unspecified atom stereocenters. The summed E-state index contributed by atoms with van der Waals surface area (Å²) >= 11 is 0. The maximum atomic E-state index is 10.7. The van der Waals surface area contributed by atoms with Gasteiger partial charge in [-0.05, 0) is 23.9 Å². The van der Waals surface area contributed by atoms with E-state index in [-0.39, 0.29) is 0 Å². The van der Waals surface area contributed by atoms with E-state index in [2.05, 4.69) is 5.10 Å². The quantitative estimate of drug-likeness (QED) is 0.799. The molecule has 1 heterocycles. The lowest BCUT2D eigenvalue weighted by Gasteiger charge is -2.14. The van der Waals surface area contributed by atoms with Gasteiger partial charge in [0, 0.05) is 23.7 Å². The number of methoxy groups -OCH3 is 1. The number of hydrogen-bond donors (Lipinski definition) is 1. The zero-order valence-electron chi connectivity index (χ0n) is 12.2. The predicted octanol–water partition coefficient (Wildman–Crippen LogP) is 3.15. The SMILES string of the molecule is CCn1cc(C(O)c2ccc(OC)c3ccccc23)cn1. The Morgan fingerprint density at radius 3 is 2.62 bits per heavy atom. The molecule has 0 saturated carbocycles. The summed E-state index contributed by atoms with van der Waals surface area (Å²) in [6.45, 7) is 2.81. The molecule has 0 bridgehead atoms. The highest BCUT2D eigenvalue weighted by Crippen LogP contribution is 2.33. The maximum absolute atomic E-state index is 10.7. The lowest BCUT2D eigenvalue weighted by Crippen LogP contribution is -2.00. The molecule has 0 saturated heterocycles. The van der Waals surface area contributed by atoms with Crippen LogP contribution in [-0.2, 0) is 6.54 Å². The Labute approximate surface area is 123 Å². The van der Waals surface area contributed by atoms with Gasteiger partial charge in [0.15, 0.2) is 0 Å². The van der Waals surface area contributed by atoms with E-state index in [1.165, 1.54) is 0 Å². The third-order valence-electron chi connectivity index (χ3n) is 3.73. The van der Waals surface area contributed by atoms with E-state index in [1.54, 1.807) is 13.3 Å². The first kappa shape index (κ1) is 13.6. The fourth-order valence-electron chi connectivity index (χ4n) is 2.58. The van der Waals surface area contributed by atoms with Gasteiger partial charge < -0.3 is 9.84 Å². The number of aliphatic hydroxyl groups is 1. The number of fused-ring (bicyclic) bond motifs is 1.